The van der Waals surface area contributed by atoms with Gasteiger partial charge in [0.15, 0.2) is 0 Å². The molecule has 1 heterocycles. The number of urea groups is 1. The molecule has 6 heteroatoms. The van der Waals surface area contributed by atoms with Crippen LogP contribution in [-0.4, -0.2) is 41.4 Å². The van der Waals surface area contributed by atoms with Crippen molar-refractivity contribution in [1.82, 2.24) is 10.2 Å². The molecule has 0 spiro atoms. The molecule has 6 nitrogen and oxygen atoms in total. The van der Waals surface area contributed by atoms with Crippen LogP contribution in [0.1, 0.15) is 27.7 Å². The van der Waals surface area contributed by atoms with E-state index in [4.69, 9.17) is 0 Å². The topological polar surface area (TPSA) is 69.7 Å². The van der Waals surface area contributed by atoms with Gasteiger partial charge in [-0.2, -0.15) is 0 Å². The summed E-state index contributed by atoms with van der Waals surface area (Å²) >= 11 is 0. The van der Waals surface area contributed by atoms with Gasteiger partial charge in [0.2, 0.25) is 5.91 Å². The number of amides is 4. The molecular formula is C17H23N3O3. The van der Waals surface area contributed by atoms with Crippen LogP contribution in [0, 0.1) is 5.92 Å². The number of carbonyl (C=O) groups excluding carboxylic acids is 3. The molecule has 1 aromatic rings. The van der Waals surface area contributed by atoms with Gasteiger partial charge in [-0.25, -0.2) is 4.79 Å². The number of carbonyl (C=O) groups is 3. The summed E-state index contributed by atoms with van der Waals surface area (Å²) in [5.41, 5.74) is 0.650. The van der Waals surface area contributed by atoms with E-state index in [1.807, 2.05) is 26.8 Å². The second kappa shape index (κ2) is 6.81. The third-order valence-corrected chi connectivity index (χ3v) is 4.17. The van der Waals surface area contributed by atoms with Gasteiger partial charge in [0, 0.05) is 11.7 Å². The second-order valence-electron chi connectivity index (χ2n) is 6.19. The lowest BCUT2D eigenvalue weighted by molar-refractivity contribution is -0.132. The molecule has 1 fully saturated rings. The van der Waals surface area contributed by atoms with Crippen molar-refractivity contribution in [1.29, 1.82) is 0 Å². The van der Waals surface area contributed by atoms with Crippen molar-refractivity contribution < 1.29 is 14.4 Å². The monoisotopic (exact) mass is 317 g/mol. The van der Waals surface area contributed by atoms with E-state index in [2.05, 4.69) is 5.32 Å². The van der Waals surface area contributed by atoms with E-state index < -0.39 is 12.1 Å². The van der Waals surface area contributed by atoms with Gasteiger partial charge < -0.3 is 5.32 Å². The summed E-state index contributed by atoms with van der Waals surface area (Å²) in [5.74, 6) is -0.398. The molecular weight excluding hydrogens is 294 g/mol. The summed E-state index contributed by atoms with van der Waals surface area (Å²) in [6.45, 7) is 7.31. The van der Waals surface area contributed by atoms with E-state index in [1.54, 1.807) is 31.2 Å². The lowest BCUT2D eigenvalue weighted by Gasteiger charge is -2.20. The molecule has 4 amide bonds. The Hall–Kier alpha value is -2.37. The van der Waals surface area contributed by atoms with Crippen LogP contribution in [0.3, 0.4) is 0 Å². The molecule has 124 valence electrons. The molecule has 1 aliphatic heterocycles. The highest BCUT2D eigenvalue weighted by molar-refractivity contribution is 6.15. The number of imide groups is 1. The van der Waals surface area contributed by atoms with Crippen LogP contribution in [0.4, 0.5) is 10.5 Å². The van der Waals surface area contributed by atoms with Crippen LogP contribution in [0.2, 0.25) is 0 Å². The maximum Gasteiger partial charge on any atom is 0.332 e. The number of rotatable bonds is 5. The summed E-state index contributed by atoms with van der Waals surface area (Å²) < 4.78 is 0. The molecule has 0 saturated carbocycles. The third kappa shape index (κ3) is 3.52. The maximum atomic E-state index is 12.5. The van der Waals surface area contributed by atoms with Crippen LogP contribution in [0.25, 0.3) is 0 Å². The number of para-hydroxylation sites is 1. The average molecular weight is 317 g/mol. The molecule has 2 rings (SSSR count). The van der Waals surface area contributed by atoms with Crippen LogP contribution in [0.5, 0.6) is 0 Å². The molecule has 0 radical (unpaired) electrons. The first-order valence-corrected chi connectivity index (χ1v) is 7.82. The zero-order valence-corrected chi connectivity index (χ0v) is 13.9. The van der Waals surface area contributed by atoms with Gasteiger partial charge in [0.05, 0.1) is 0 Å². The minimum absolute atomic E-state index is 0.0158. The quantitative estimate of drug-likeness (QED) is 0.845. The summed E-state index contributed by atoms with van der Waals surface area (Å²) in [6.07, 6.45) is 0. The molecule has 23 heavy (non-hydrogen) atoms. The van der Waals surface area contributed by atoms with Crippen LogP contribution >= 0.6 is 0 Å². The maximum absolute atomic E-state index is 12.5. The Morgan fingerprint density at radius 3 is 2.35 bits per heavy atom. The number of hydrogen-bond acceptors (Lipinski definition) is 3. The van der Waals surface area contributed by atoms with E-state index in [9.17, 15) is 14.4 Å². The Morgan fingerprint density at radius 2 is 1.78 bits per heavy atom. The zero-order valence-electron chi connectivity index (χ0n) is 13.9. The van der Waals surface area contributed by atoms with E-state index in [0.717, 1.165) is 4.90 Å². The molecule has 2 atom stereocenters. The predicted molar refractivity (Wildman–Crippen MR) is 87.9 cm³/mol. The van der Waals surface area contributed by atoms with Crippen LogP contribution in [0.15, 0.2) is 30.3 Å². The van der Waals surface area contributed by atoms with Crippen molar-refractivity contribution in [3.63, 3.8) is 0 Å². The van der Waals surface area contributed by atoms with E-state index in [1.165, 1.54) is 4.90 Å². The summed E-state index contributed by atoms with van der Waals surface area (Å²) in [7, 11) is 0. The van der Waals surface area contributed by atoms with Crippen molar-refractivity contribution >= 4 is 23.5 Å². The molecule has 0 bridgehead atoms. The molecule has 1 aliphatic rings. The lowest BCUT2D eigenvalue weighted by Crippen LogP contribution is -2.45. The highest BCUT2D eigenvalue weighted by atomic mass is 16.2. The van der Waals surface area contributed by atoms with Gasteiger partial charge in [-0.05, 0) is 31.9 Å². The Bertz CT molecular complexity index is 600. The van der Waals surface area contributed by atoms with Gasteiger partial charge >= 0.3 is 6.03 Å². The minimum atomic E-state index is -0.611. The van der Waals surface area contributed by atoms with Crippen molar-refractivity contribution in [2.24, 2.45) is 5.92 Å². The number of hydrogen-bond donors (Lipinski definition) is 1. The van der Waals surface area contributed by atoms with Crippen LogP contribution in [-0.2, 0) is 9.59 Å². The summed E-state index contributed by atoms with van der Waals surface area (Å²) in [4.78, 5) is 39.4. The van der Waals surface area contributed by atoms with Gasteiger partial charge in [-0.15, -0.1) is 0 Å². The molecule has 1 saturated heterocycles. The first-order valence-electron chi connectivity index (χ1n) is 7.82. The summed E-state index contributed by atoms with van der Waals surface area (Å²) in [5, 5.41) is 2.81. The third-order valence-electron chi connectivity index (χ3n) is 4.17. The van der Waals surface area contributed by atoms with Gasteiger partial charge in [0.1, 0.15) is 12.6 Å². The highest BCUT2D eigenvalue weighted by Gasteiger charge is 2.44. The standard InChI is InChI=1S/C17H23N3O3/c1-11(2)12(3)18-15(21)10-19-16(22)13(4)20(17(19)23)14-8-6-5-7-9-14/h5-9,11-13H,10H2,1-4H3,(H,18,21). The fourth-order valence-corrected chi connectivity index (χ4v) is 2.40. The van der Waals surface area contributed by atoms with Crippen molar-refractivity contribution in [3.8, 4) is 0 Å². The molecule has 1 aromatic carbocycles. The first-order chi connectivity index (χ1) is 10.8. The Kier molecular flexibility index (Phi) is 5.03. The fraction of sp³-hybridized carbons (Fsp3) is 0.471. The van der Waals surface area contributed by atoms with E-state index in [-0.39, 0.29) is 30.3 Å². The average Bonchev–Trinajstić information content (AvgIpc) is 2.72. The van der Waals surface area contributed by atoms with Crippen molar-refractivity contribution in [3.05, 3.63) is 30.3 Å². The Balaban J connectivity index is 2.11. The smallest absolute Gasteiger partial charge is 0.332 e. The van der Waals surface area contributed by atoms with Crippen LogP contribution < -0.4 is 10.2 Å². The minimum Gasteiger partial charge on any atom is -0.352 e. The fourth-order valence-electron chi connectivity index (χ4n) is 2.40. The predicted octanol–water partition coefficient (Wildman–Crippen LogP) is 2.00. The molecule has 2 unspecified atom stereocenters. The first kappa shape index (κ1) is 17.0. The van der Waals surface area contributed by atoms with Crippen molar-refractivity contribution in [2.75, 3.05) is 11.4 Å². The zero-order chi connectivity index (χ0) is 17.1. The number of nitrogens with zero attached hydrogens (tertiary/aromatic N) is 2. The van der Waals surface area contributed by atoms with Gasteiger partial charge in [-0.3, -0.25) is 19.4 Å². The number of nitrogens with one attached hydrogen (secondary N) is 1. The van der Waals surface area contributed by atoms with Crippen molar-refractivity contribution in [2.45, 2.75) is 39.8 Å². The molecule has 0 aliphatic carbocycles. The lowest BCUT2D eigenvalue weighted by atomic mass is 10.1. The van der Waals surface area contributed by atoms with E-state index in [0.29, 0.717) is 5.69 Å². The Morgan fingerprint density at radius 1 is 1.17 bits per heavy atom. The normalized spacial score (nSPS) is 19.4. The second-order valence-corrected chi connectivity index (χ2v) is 6.19. The molecule has 1 N–H and O–H groups in total. The van der Waals surface area contributed by atoms with Gasteiger partial charge in [0.25, 0.3) is 5.91 Å². The summed E-state index contributed by atoms with van der Waals surface area (Å²) in [6, 6.07) is 7.91. The highest BCUT2D eigenvalue weighted by Crippen LogP contribution is 2.25. The van der Waals surface area contributed by atoms with Gasteiger partial charge in [-0.1, -0.05) is 32.0 Å². The molecule has 0 aromatic heterocycles. The van der Waals surface area contributed by atoms with E-state index >= 15 is 0 Å². The Labute approximate surface area is 136 Å². The largest absolute Gasteiger partial charge is 0.352 e. The number of benzene rings is 1. The number of anilines is 1. The SMILES string of the molecule is CC(C)C(C)NC(=O)CN1C(=O)C(C)N(c2ccccc2)C1=O.